The Kier molecular flexibility index (Phi) is 9.43. The zero-order valence-electron chi connectivity index (χ0n) is 25.3. The summed E-state index contributed by atoms with van der Waals surface area (Å²) in [5, 5.41) is 82.9. The van der Waals surface area contributed by atoms with E-state index < -0.39 is 113 Å². The van der Waals surface area contributed by atoms with Gasteiger partial charge in [0.15, 0.2) is 41.0 Å². The predicted octanol–water partition coefficient (Wildman–Crippen LogP) is -0.431. The largest absolute Gasteiger partial charge is 0.504 e. The van der Waals surface area contributed by atoms with Crippen LogP contribution in [0.1, 0.15) is 20.8 Å². The quantitative estimate of drug-likeness (QED) is 0.117. The van der Waals surface area contributed by atoms with Gasteiger partial charge < -0.3 is 73.7 Å². The molecule has 2 aliphatic rings. The van der Waals surface area contributed by atoms with Gasteiger partial charge in [0.1, 0.15) is 35.4 Å². The van der Waals surface area contributed by atoms with E-state index in [1.807, 2.05) is 0 Å². The van der Waals surface area contributed by atoms with Gasteiger partial charge in [-0.25, -0.2) is 0 Å². The summed E-state index contributed by atoms with van der Waals surface area (Å²) in [4.78, 5) is 25.6. The molecule has 0 bridgehead atoms. The molecule has 256 valence electrons. The van der Waals surface area contributed by atoms with Crippen LogP contribution in [0.25, 0.3) is 22.3 Å². The monoisotopic (exact) mass is 666 g/mol. The van der Waals surface area contributed by atoms with Crippen LogP contribution in [0.5, 0.6) is 34.5 Å². The fraction of sp³-hybridized carbons (Fsp3) is 0.467. The molecule has 0 radical (unpaired) electrons. The fourth-order valence-corrected chi connectivity index (χ4v) is 5.30. The van der Waals surface area contributed by atoms with Gasteiger partial charge >= 0.3 is 5.97 Å². The molecule has 3 aromatic rings. The molecule has 0 amide bonds. The van der Waals surface area contributed by atoms with Crippen LogP contribution in [-0.2, 0) is 19.0 Å². The molecule has 10 atom stereocenters. The number of carbonyl (C=O) groups excluding carboxylic acids is 1. The maximum absolute atomic E-state index is 14.0. The van der Waals surface area contributed by atoms with Crippen LogP contribution in [0.4, 0.5) is 0 Å². The Hall–Kier alpha value is -4.36. The molecule has 3 heterocycles. The minimum Gasteiger partial charge on any atom is -0.504 e. The molecule has 0 spiro atoms. The molecule has 17 nitrogen and oxygen atoms in total. The lowest BCUT2D eigenvalue weighted by atomic mass is 9.99. The van der Waals surface area contributed by atoms with E-state index in [1.165, 1.54) is 19.9 Å². The van der Waals surface area contributed by atoms with Gasteiger partial charge in [0.2, 0.25) is 29.5 Å². The van der Waals surface area contributed by atoms with Crippen LogP contribution in [0.15, 0.2) is 33.5 Å². The normalized spacial score (nSPS) is 30.9. The fourth-order valence-electron chi connectivity index (χ4n) is 5.30. The van der Waals surface area contributed by atoms with Crippen molar-refractivity contribution in [2.45, 2.75) is 82.2 Å². The first-order valence-corrected chi connectivity index (χ1v) is 14.3. The van der Waals surface area contributed by atoms with E-state index in [-0.39, 0.29) is 16.9 Å². The zero-order valence-corrected chi connectivity index (χ0v) is 25.3. The summed E-state index contributed by atoms with van der Waals surface area (Å²) < 4.78 is 38.9. The van der Waals surface area contributed by atoms with Gasteiger partial charge in [-0.2, -0.15) is 0 Å². The highest BCUT2D eigenvalue weighted by Crippen LogP contribution is 2.46. The molecule has 0 saturated carbocycles. The standard InChI is InChI=1S/C30H34O17/c1-9-18(34)22(38)23(39)29(42-9)47-28-21(37)17-15(45-25(28)12-5-6-13(32)14(33)7-12)8-16(26(41-4)20(17)36)46-30-24(40)27(44-11(3)31)19(35)10(2)43-30/h5-10,18-19,22-24,27,29-30,32-36,38-40H,1-4H3/t9-,10-,18-,19-,22+,23+,24+,27+,29-,30-/m0/s1. The van der Waals surface area contributed by atoms with E-state index in [2.05, 4.69) is 0 Å². The van der Waals surface area contributed by atoms with E-state index >= 15 is 0 Å². The van der Waals surface area contributed by atoms with E-state index in [0.717, 1.165) is 32.2 Å². The molecule has 2 saturated heterocycles. The Balaban J connectivity index is 1.65. The van der Waals surface area contributed by atoms with Crippen LogP contribution in [0.3, 0.4) is 0 Å². The number of aliphatic hydroxyl groups is 5. The molecule has 0 aliphatic carbocycles. The third-order valence-electron chi connectivity index (χ3n) is 7.85. The summed E-state index contributed by atoms with van der Waals surface area (Å²) in [6.07, 6.45) is -15.0. The second-order valence-corrected chi connectivity index (χ2v) is 11.1. The van der Waals surface area contributed by atoms with Gasteiger partial charge in [0, 0.05) is 18.6 Å². The molecule has 2 aromatic carbocycles. The molecule has 2 aliphatic heterocycles. The van der Waals surface area contributed by atoms with Crippen molar-refractivity contribution in [2.24, 2.45) is 0 Å². The van der Waals surface area contributed by atoms with Crippen LogP contribution in [0, 0.1) is 0 Å². The number of esters is 1. The first-order chi connectivity index (χ1) is 22.1. The van der Waals surface area contributed by atoms with Gasteiger partial charge in [-0.1, -0.05) is 0 Å². The summed E-state index contributed by atoms with van der Waals surface area (Å²) >= 11 is 0. The highest BCUT2D eigenvalue weighted by molar-refractivity contribution is 5.91. The number of rotatable bonds is 7. The van der Waals surface area contributed by atoms with Gasteiger partial charge in [0.25, 0.3) is 0 Å². The molecular weight excluding hydrogens is 632 g/mol. The number of benzene rings is 2. The van der Waals surface area contributed by atoms with Crippen molar-refractivity contribution < 1.29 is 78.5 Å². The Morgan fingerprint density at radius 1 is 0.787 bits per heavy atom. The van der Waals surface area contributed by atoms with E-state index in [1.54, 1.807) is 0 Å². The summed E-state index contributed by atoms with van der Waals surface area (Å²) in [6.45, 7) is 3.91. The summed E-state index contributed by atoms with van der Waals surface area (Å²) in [7, 11) is 1.13. The smallest absolute Gasteiger partial charge is 0.303 e. The highest BCUT2D eigenvalue weighted by atomic mass is 16.7. The number of phenolic OH excluding ortho intramolecular Hbond substituents is 3. The van der Waals surface area contributed by atoms with Crippen molar-refractivity contribution in [3.63, 3.8) is 0 Å². The van der Waals surface area contributed by atoms with Crippen molar-refractivity contribution in [1.82, 2.24) is 0 Å². The van der Waals surface area contributed by atoms with Crippen molar-refractivity contribution in [3.05, 3.63) is 34.5 Å². The van der Waals surface area contributed by atoms with Crippen molar-refractivity contribution in [1.29, 1.82) is 0 Å². The average molecular weight is 667 g/mol. The summed E-state index contributed by atoms with van der Waals surface area (Å²) in [6, 6.07) is 4.47. The highest BCUT2D eigenvalue weighted by Gasteiger charge is 2.47. The second-order valence-electron chi connectivity index (χ2n) is 11.1. The Morgan fingerprint density at radius 3 is 2.04 bits per heavy atom. The Morgan fingerprint density at radius 2 is 1.43 bits per heavy atom. The van der Waals surface area contributed by atoms with E-state index in [4.69, 9.17) is 32.8 Å². The number of hydrogen-bond donors (Lipinski definition) is 8. The maximum atomic E-state index is 14.0. The number of carbonyl (C=O) groups is 1. The van der Waals surface area contributed by atoms with Gasteiger partial charge in [-0.05, 0) is 32.0 Å². The molecule has 17 heteroatoms. The number of methoxy groups -OCH3 is 1. The van der Waals surface area contributed by atoms with Crippen LogP contribution < -0.4 is 19.6 Å². The van der Waals surface area contributed by atoms with Crippen molar-refractivity contribution >= 4 is 16.9 Å². The molecular formula is C30H34O17. The van der Waals surface area contributed by atoms with Gasteiger partial charge in [-0.3, -0.25) is 9.59 Å². The van der Waals surface area contributed by atoms with Gasteiger partial charge in [0.05, 0.1) is 19.3 Å². The lowest BCUT2D eigenvalue weighted by molar-refractivity contribution is -0.272. The minimum atomic E-state index is -1.85. The first kappa shape index (κ1) is 34.0. The SMILES string of the molecule is COc1c(O[C@@H]2O[C@@H](C)[C@H](O)[C@@H](OC(C)=O)[C@H]2O)cc2oc(-c3ccc(O)c(O)c3)c(O[C@@H]3O[C@@H](C)[C@H](O)[C@@H](O)[C@H]3O)c(=O)c2c1O. The van der Waals surface area contributed by atoms with Crippen molar-refractivity contribution in [3.8, 4) is 45.8 Å². The van der Waals surface area contributed by atoms with E-state index in [9.17, 15) is 50.4 Å². The molecule has 0 unspecified atom stereocenters. The van der Waals surface area contributed by atoms with Crippen LogP contribution in [0.2, 0.25) is 0 Å². The molecule has 2 fully saturated rings. The van der Waals surface area contributed by atoms with Crippen molar-refractivity contribution in [2.75, 3.05) is 7.11 Å². The molecule has 8 N–H and O–H groups in total. The third kappa shape index (κ3) is 6.21. The summed E-state index contributed by atoms with van der Waals surface area (Å²) in [5.41, 5.74) is -1.45. The number of phenols is 3. The van der Waals surface area contributed by atoms with Gasteiger partial charge in [-0.15, -0.1) is 0 Å². The number of aromatic hydroxyl groups is 3. The summed E-state index contributed by atoms with van der Waals surface area (Å²) in [5.74, 6) is -4.59. The van der Waals surface area contributed by atoms with E-state index in [0.29, 0.717) is 0 Å². The van der Waals surface area contributed by atoms with Crippen LogP contribution in [-0.4, -0.2) is 115 Å². The topological polar surface area (TPSA) is 264 Å². The second kappa shape index (κ2) is 13.0. The average Bonchev–Trinajstić information content (AvgIpc) is 3.01. The lowest BCUT2D eigenvalue weighted by Gasteiger charge is -2.40. The number of hydrogen-bond acceptors (Lipinski definition) is 17. The number of fused-ring (bicyclic) bond motifs is 1. The van der Waals surface area contributed by atoms with Crippen LogP contribution >= 0.6 is 0 Å². The minimum absolute atomic E-state index is 0.0379. The molecule has 1 aromatic heterocycles. The predicted molar refractivity (Wildman–Crippen MR) is 155 cm³/mol. The first-order valence-electron chi connectivity index (χ1n) is 14.3. The Labute approximate surface area is 265 Å². The Bertz CT molecular complexity index is 1700. The third-order valence-corrected chi connectivity index (χ3v) is 7.85. The lowest BCUT2D eigenvalue weighted by Crippen LogP contribution is -2.59. The maximum Gasteiger partial charge on any atom is 0.303 e. The zero-order chi connectivity index (χ0) is 34.5. The molecule has 47 heavy (non-hydrogen) atoms. The number of ether oxygens (including phenoxy) is 6. The molecule has 5 rings (SSSR count). The number of aliphatic hydroxyl groups excluding tert-OH is 5.